The number of nitrogens with zero attached hydrogens (tertiary/aromatic N) is 2. The van der Waals surface area contributed by atoms with Gasteiger partial charge in [-0.1, -0.05) is 25.3 Å². The third kappa shape index (κ3) is 4.30. The largest absolute Gasteiger partial charge is 0.337 e. The Morgan fingerprint density at radius 1 is 1.33 bits per heavy atom. The summed E-state index contributed by atoms with van der Waals surface area (Å²) in [5.41, 5.74) is -0.168. The van der Waals surface area contributed by atoms with Crippen molar-refractivity contribution in [3.05, 3.63) is 35.4 Å². The Labute approximate surface area is 141 Å². The highest BCUT2D eigenvalue weighted by Crippen LogP contribution is 2.27. The van der Waals surface area contributed by atoms with Crippen molar-refractivity contribution in [1.29, 1.82) is 5.26 Å². The van der Waals surface area contributed by atoms with E-state index in [2.05, 4.69) is 11.4 Å². The Morgan fingerprint density at radius 2 is 2.00 bits per heavy atom. The van der Waals surface area contributed by atoms with Crippen LogP contribution in [0.25, 0.3) is 0 Å². The molecule has 24 heavy (non-hydrogen) atoms. The van der Waals surface area contributed by atoms with Crippen molar-refractivity contribution < 1.29 is 13.6 Å². The van der Waals surface area contributed by atoms with Crippen LogP contribution in [-0.2, 0) is 4.79 Å². The fraction of sp³-hybridized carbons (Fsp3) is 0.556. The van der Waals surface area contributed by atoms with Gasteiger partial charge in [-0.2, -0.15) is 5.26 Å². The van der Waals surface area contributed by atoms with Crippen LogP contribution in [0.2, 0.25) is 0 Å². The van der Waals surface area contributed by atoms with E-state index in [1.165, 1.54) is 6.07 Å². The quantitative estimate of drug-likeness (QED) is 0.898. The summed E-state index contributed by atoms with van der Waals surface area (Å²) in [6.45, 7) is 1.91. The van der Waals surface area contributed by atoms with Gasteiger partial charge in [-0.3, -0.25) is 9.69 Å². The number of benzene rings is 1. The van der Waals surface area contributed by atoms with Crippen LogP contribution >= 0.6 is 0 Å². The molecule has 0 bridgehead atoms. The van der Waals surface area contributed by atoms with Gasteiger partial charge in [0.05, 0.1) is 12.6 Å². The molecule has 0 aromatic heterocycles. The van der Waals surface area contributed by atoms with Gasteiger partial charge in [0.25, 0.3) is 0 Å². The molecule has 2 rings (SSSR count). The van der Waals surface area contributed by atoms with Gasteiger partial charge in [0, 0.05) is 6.04 Å². The number of hydrogen-bond acceptors (Lipinski definition) is 3. The Bertz CT molecular complexity index is 636. The molecule has 0 heterocycles. The molecule has 130 valence electrons. The van der Waals surface area contributed by atoms with Crippen LogP contribution in [0.5, 0.6) is 0 Å². The molecular formula is C18H23F2N3O. The summed E-state index contributed by atoms with van der Waals surface area (Å²) < 4.78 is 26.4. The zero-order valence-electron chi connectivity index (χ0n) is 14.1. The van der Waals surface area contributed by atoms with E-state index in [0.717, 1.165) is 31.4 Å². The fourth-order valence-corrected chi connectivity index (χ4v) is 3.12. The average Bonchev–Trinajstić information content (AvgIpc) is 2.57. The van der Waals surface area contributed by atoms with Crippen LogP contribution in [-0.4, -0.2) is 29.9 Å². The molecule has 0 radical (unpaired) electrons. The highest BCUT2D eigenvalue weighted by atomic mass is 19.2. The number of halogens is 2. The molecule has 1 fully saturated rings. The first-order valence-corrected chi connectivity index (χ1v) is 8.24. The predicted octanol–water partition coefficient (Wildman–Crippen LogP) is 3.30. The van der Waals surface area contributed by atoms with E-state index in [0.29, 0.717) is 18.4 Å². The van der Waals surface area contributed by atoms with Crippen molar-refractivity contribution in [2.24, 2.45) is 0 Å². The van der Waals surface area contributed by atoms with E-state index in [-0.39, 0.29) is 18.5 Å². The smallest absolute Gasteiger partial charge is 0.235 e. The summed E-state index contributed by atoms with van der Waals surface area (Å²) >= 11 is 0. The van der Waals surface area contributed by atoms with Crippen molar-refractivity contribution >= 4 is 5.91 Å². The van der Waals surface area contributed by atoms with Crippen LogP contribution in [0.15, 0.2) is 18.2 Å². The van der Waals surface area contributed by atoms with Crippen LogP contribution in [0.3, 0.4) is 0 Å². The van der Waals surface area contributed by atoms with Crippen molar-refractivity contribution in [1.82, 2.24) is 10.2 Å². The normalized spacial score (nSPS) is 18.0. The monoisotopic (exact) mass is 335 g/mol. The van der Waals surface area contributed by atoms with Gasteiger partial charge in [-0.05, 0) is 44.5 Å². The lowest BCUT2D eigenvalue weighted by Crippen LogP contribution is -2.51. The number of carbonyl (C=O) groups is 1. The first kappa shape index (κ1) is 18.3. The molecular weight excluding hydrogens is 312 g/mol. The van der Waals surface area contributed by atoms with Gasteiger partial charge >= 0.3 is 0 Å². The molecule has 1 N–H and O–H groups in total. The molecule has 1 atom stereocenters. The number of nitrogens with one attached hydrogen (secondary N) is 1. The summed E-state index contributed by atoms with van der Waals surface area (Å²) in [6, 6.07) is 5.74. The van der Waals surface area contributed by atoms with Crippen molar-refractivity contribution in [2.75, 3.05) is 13.6 Å². The van der Waals surface area contributed by atoms with Gasteiger partial charge in [0.2, 0.25) is 5.91 Å². The molecule has 0 spiro atoms. The lowest BCUT2D eigenvalue weighted by atomic mass is 9.83. The molecule has 1 saturated carbocycles. The third-order valence-corrected chi connectivity index (χ3v) is 4.78. The van der Waals surface area contributed by atoms with Crippen LogP contribution < -0.4 is 5.32 Å². The first-order chi connectivity index (χ1) is 11.4. The Morgan fingerprint density at radius 3 is 2.58 bits per heavy atom. The maximum atomic E-state index is 13.4. The van der Waals surface area contributed by atoms with Gasteiger partial charge < -0.3 is 5.32 Å². The SMILES string of the molecule is CC(c1ccc(F)c(F)c1)N(C)CC(=O)NC1(C#N)CCCCC1. The minimum atomic E-state index is -0.900. The van der Waals surface area contributed by atoms with Gasteiger partial charge in [0.15, 0.2) is 11.6 Å². The van der Waals surface area contributed by atoms with E-state index >= 15 is 0 Å². The number of hydrogen-bond donors (Lipinski definition) is 1. The number of amides is 1. The summed E-state index contributed by atoms with van der Waals surface area (Å²) in [7, 11) is 1.74. The summed E-state index contributed by atoms with van der Waals surface area (Å²) in [4.78, 5) is 14.1. The minimum Gasteiger partial charge on any atom is -0.337 e. The lowest BCUT2D eigenvalue weighted by Gasteiger charge is -2.33. The summed E-state index contributed by atoms with van der Waals surface area (Å²) in [5, 5.41) is 12.3. The van der Waals surface area contributed by atoms with Crippen LogP contribution in [0, 0.1) is 23.0 Å². The van der Waals surface area contributed by atoms with Crippen LogP contribution in [0.1, 0.15) is 50.6 Å². The Hall–Kier alpha value is -2.00. The lowest BCUT2D eigenvalue weighted by molar-refractivity contribution is -0.124. The van der Waals surface area contributed by atoms with E-state index < -0.39 is 17.2 Å². The Balaban J connectivity index is 1.97. The van der Waals surface area contributed by atoms with Crippen molar-refractivity contribution in [3.63, 3.8) is 0 Å². The molecule has 0 saturated heterocycles. The zero-order chi connectivity index (χ0) is 17.7. The predicted molar refractivity (Wildman–Crippen MR) is 87.0 cm³/mol. The van der Waals surface area contributed by atoms with E-state index in [4.69, 9.17) is 0 Å². The number of rotatable bonds is 5. The van der Waals surface area contributed by atoms with E-state index in [1.807, 2.05) is 6.92 Å². The zero-order valence-corrected chi connectivity index (χ0v) is 14.1. The third-order valence-electron chi connectivity index (χ3n) is 4.78. The second-order valence-corrected chi connectivity index (χ2v) is 6.57. The van der Waals surface area contributed by atoms with Crippen molar-refractivity contribution in [2.45, 2.75) is 50.6 Å². The maximum Gasteiger partial charge on any atom is 0.235 e. The van der Waals surface area contributed by atoms with E-state index in [9.17, 15) is 18.8 Å². The molecule has 1 aromatic rings. The highest BCUT2D eigenvalue weighted by molar-refractivity contribution is 5.79. The average molecular weight is 335 g/mol. The standard InChI is InChI=1S/C18H23F2N3O/c1-13(14-6-7-15(19)16(20)10-14)23(2)11-17(24)22-18(12-21)8-4-3-5-9-18/h6-7,10,13H,3-5,8-9,11H2,1-2H3,(H,22,24). The topological polar surface area (TPSA) is 56.1 Å². The second-order valence-electron chi connectivity index (χ2n) is 6.57. The number of likely N-dealkylation sites (N-methyl/N-ethyl adjacent to an activating group) is 1. The first-order valence-electron chi connectivity index (χ1n) is 8.24. The van der Waals surface area contributed by atoms with Crippen molar-refractivity contribution in [3.8, 4) is 6.07 Å². The molecule has 1 aromatic carbocycles. The summed E-state index contributed by atoms with van der Waals surface area (Å²) in [6.07, 6.45) is 4.33. The van der Waals surface area contributed by atoms with E-state index in [1.54, 1.807) is 11.9 Å². The number of carbonyl (C=O) groups excluding carboxylic acids is 1. The van der Waals surface area contributed by atoms with Crippen LogP contribution in [0.4, 0.5) is 8.78 Å². The highest BCUT2D eigenvalue weighted by Gasteiger charge is 2.33. The molecule has 1 aliphatic rings. The second kappa shape index (κ2) is 7.71. The maximum absolute atomic E-state index is 13.4. The van der Waals surface area contributed by atoms with Gasteiger partial charge in [-0.25, -0.2) is 8.78 Å². The van der Waals surface area contributed by atoms with Gasteiger partial charge in [0.1, 0.15) is 5.54 Å². The Kier molecular flexibility index (Phi) is 5.89. The molecule has 1 aliphatic carbocycles. The molecule has 4 nitrogen and oxygen atoms in total. The molecule has 0 aliphatic heterocycles. The number of nitriles is 1. The molecule has 6 heteroatoms. The van der Waals surface area contributed by atoms with Gasteiger partial charge in [-0.15, -0.1) is 0 Å². The minimum absolute atomic E-state index is 0.0869. The molecule has 1 unspecified atom stereocenters. The summed E-state index contributed by atoms with van der Waals surface area (Å²) in [5.74, 6) is -2.02. The fourth-order valence-electron chi connectivity index (χ4n) is 3.12. The molecule has 1 amide bonds.